The van der Waals surface area contributed by atoms with Gasteiger partial charge in [0.15, 0.2) is 0 Å². The third-order valence-electron chi connectivity index (χ3n) is 3.66. The number of ether oxygens (including phenoxy) is 2. The van der Waals surface area contributed by atoms with Crippen LogP contribution in [0, 0.1) is 6.92 Å². The zero-order valence-corrected chi connectivity index (χ0v) is 14.1. The van der Waals surface area contributed by atoms with Crippen LogP contribution in [0.2, 0.25) is 0 Å². The van der Waals surface area contributed by atoms with E-state index in [0.29, 0.717) is 31.9 Å². The lowest BCUT2D eigenvalue weighted by Gasteiger charge is -2.32. The summed E-state index contributed by atoms with van der Waals surface area (Å²) in [6.45, 7) is 6.13. The molecule has 1 atom stereocenters. The van der Waals surface area contributed by atoms with Crippen molar-refractivity contribution in [2.24, 2.45) is 0 Å². The smallest absolute Gasteiger partial charge is 0.254 e. The first kappa shape index (κ1) is 16.0. The van der Waals surface area contributed by atoms with Gasteiger partial charge in [-0.15, -0.1) is 11.3 Å². The molecule has 2 heterocycles. The minimum atomic E-state index is -0.138. The first-order valence-electron chi connectivity index (χ1n) is 7.73. The Morgan fingerprint density at radius 3 is 3.13 bits per heavy atom. The van der Waals surface area contributed by atoms with Crippen molar-refractivity contribution in [3.8, 4) is 5.75 Å². The number of aryl methyl sites for hydroxylation is 1. The highest BCUT2D eigenvalue weighted by Crippen LogP contribution is 2.26. The maximum Gasteiger partial charge on any atom is 0.254 e. The average molecular weight is 332 g/mol. The maximum absolute atomic E-state index is 12.7. The van der Waals surface area contributed by atoms with Crippen LogP contribution in [0.3, 0.4) is 0 Å². The highest BCUT2D eigenvalue weighted by atomic mass is 32.1. The maximum atomic E-state index is 12.7. The summed E-state index contributed by atoms with van der Waals surface area (Å²) in [5.41, 5.74) is 1.63. The van der Waals surface area contributed by atoms with Crippen molar-refractivity contribution in [1.29, 1.82) is 0 Å². The van der Waals surface area contributed by atoms with E-state index >= 15 is 0 Å². The minimum Gasteiger partial charge on any atom is -0.494 e. The van der Waals surface area contributed by atoms with Gasteiger partial charge in [-0.1, -0.05) is 6.07 Å². The number of nitrogens with zero attached hydrogens (tertiary/aromatic N) is 2. The van der Waals surface area contributed by atoms with E-state index in [-0.39, 0.29) is 12.0 Å². The van der Waals surface area contributed by atoms with Crippen molar-refractivity contribution < 1.29 is 14.3 Å². The molecule has 5 nitrogen and oxygen atoms in total. The van der Waals surface area contributed by atoms with Gasteiger partial charge in [0.1, 0.15) is 16.9 Å². The zero-order valence-electron chi connectivity index (χ0n) is 13.3. The highest BCUT2D eigenvalue weighted by Gasteiger charge is 2.28. The van der Waals surface area contributed by atoms with Crippen molar-refractivity contribution >= 4 is 17.2 Å². The molecule has 1 aliphatic heterocycles. The number of hydrogen-bond donors (Lipinski definition) is 0. The van der Waals surface area contributed by atoms with Crippen LogP contribution in [0.25, 0.3) is 0 Å². The second kappa shape index (κ2) is 7.10. The van der Waals surface area contributed by atoms with Gasteiger partial charge in [-0.05, 0) is 32.0 Å². The summed E-state index contributed by atoms with van der Waals surface area (Å²) in [6.07, 6.45) is -0.138. The van der Waals surface area contributed by atoms with Gasteiger partial charge < -0.3 is 14.4 Å². The van der Waals surface area contributed by atoms with E-state index in [2.05, 4.69) is 4.98 Å². The lowest BCUT2D eigenvalue weighted by atomic mass is 10.1. The quantitative estimate of drug-likeness (QED) is 0.863. The van der Waals surface area contributed by atoms with Crippen molar-refractivity contribution in [2.45, 2.75) is 20.0 Å². The highest BCUT2D eigenvalue weighted by molar-refractivity contribution is 7.09. The van der Waals surface area contributed by atoms with Crippen molar-refractivity contribution in [3.05, 3.63) is 45.9 Å². The van der Waals surface area contributed by atoms with Gasteiger partial charge in [0.05, 0.1) is 19.8 Å². The number of aromatic nitrogens is 1. The standard InChI is InChI=1S/C17H20N2O3S/c1-3-21-14-6-4-5-13(9-14)17(20)19-7-8-22-15(10-19)16-18-12(2)11-23-16/h4-6,9,11,15H,3,7-8,10H2,1-2H3. The Morgan fingerprint density at radius 1 is 1.52 bits per heavy atom. The summed E-state index contributed by atoms with van der Waals surface area (Å²) in [5.74, 6) is 0.729. The number of rotatable bonds is 4. The van der Waals surface area contributed by atoms with Crippen LogP contribution in [0.1, 0.15) is 34.1 Å². The summed E-state index contributed by atoms with van der Waals surface area (Å²) in [6, 6.07) is 7.33. The van der Waals surface area contributed by atoms with Crippen LogP contribution < -0.4 is 4.74 Å². The number of thiazole rings is 1. The third-order valence-corrected chi connectivity index (χ3v) is 4.71. The summed E-state index contributed by atoms with van der Waals surface area (Å²) in [4.78, 5) is 19.0. The molecule has 3 rings (SSSR count). The van der Waals surface area contributed by atoms with E-state index in [9.17, 15) is 4.79 Å². The Balaban J connectivity index is 1.73. The predicted octanol–water partition coefficient (Wildman–Crippen LogP) is 3.06. The second-order valence-corrected chi connectivity index (χ2v) is 6.29. The van der Waals surface area contributed by atoms with E-state index in [0.717, 1.165) is 16.5 Å². The molecule has 1 aliphatic rings. The molecule has 1 fully saturated rings. The molecule has 122 valence electrons. The lowest BCUT2D eigenvalue weighted by Crippen LogP contribution is -2.42. The molecule has 2 aromatic rings. The van der Waals surface area contributed by atoms with Gasteiger partial charge in [-0.25, -0.2) is 4.98 Å². The first-order valence-corrected chi connectivity index (χ1v) is 8.61. The molecule has 23 heavy (non-hydrogen) atoms. The van der Waals surface area contributed by atoms with Gasteiger partial charge in [0.25, 0.3) is 5.91 Å². The molecule has 0 saturated carbocycles. The predicted molar refractivity (Wildman–Crippen MR) is 89.1 cm³/mol. The van der Waals surface area contributed by atoms with Gasteiger partial charge in [0, 0.05) is 23.2 Å². The largest absolute Gasteiger partial charge is 0.494 e. The molecule has 0 radical (unpaired) electrons. The molecule has 6 heteroatoms. The monoisotopic (exact) mass is 332 g/mol. The van der Waals surface area contributed by atoms with E-state index in [1.807, 2.05) is 42.3 Å². The number of morpholine rings is 1. The minimum absolute atomic E-state index is 0.00753. The van der Waals surface area contributed by atoms with E-state index in [1.54, 1.807) is 17.4 Å². The van der Waals surface area contributed by atoms with Crippen molar-refractivity contribution in [3.63, 3.8) is 0 Å². The average Bonchev–Trinajstić information content (AvgIpc) is 3.01. The van der Waals surface area contributed by atoms with Crippen LogP contribution in [-0.2, 0) is 4.74 Å². The molecule has 0 aliphatic carbocycles. The summed E-state index contributed by atoms with van der Waals surface area (Å²) in [5, 5.41) is 2.94. The van der Waals surface area contributed by atoms with Crippen LogP contribution >= 0.6 is 11.3 Å². The van der Waals surface area contributed by atoms with Crippen LogP contribution in [-0.4, -0.2) is 42.1 Å². The molecular weight excluding hydrogens is 312 g/mol. The number of amides is 1. The van der Waals surface area contributed by atoms with Gasteiger partial charge in [-0.3, -0.25) is 4.79 Å². The normalized spacial score (nSPS) is 18.0. The van der Waals surface area contributed by atoms with Crippen molar-refractivity contribution in [2.75, 3.05) is 26.3 Å². The Labute approximate surface area is 139 Å². The lowest BCUT2D eigenvalue weighted by molar-refractivity contribution is -0.0229. The molecule has 0 N–H and O–H groups in total. The summed E-state index contributed by atoms with van der Waals surface area (Å²) >= 11 is 1.58. The van der Waals surface area contributed by atoms with Gasteiger partial charge in [0.2, 0.25) is 0 Å². The van der Waals surface area contributed by atoms with Crippen LogP contribution in [0.4, 0.5) is 0 Å². The van der Waals surface area contributed by atoms with E-state index in [1.165, 1.54) is 0 Å². The fourth-order valence-electron chi connectivity index (χ4n) is 2.57. The Morgan fingerprint density at radius 2 is 2.39 bits per heavy atom. The Hall–Kier alpha value is -1.92. The molecule has 1 amide bonds. The number of carbonyl (C=O) groups is 1. The van der Waals surface area contributed by atoms with Crippen LogP contribution in [0.15, 0.2) is 29.6 Å². The van der Waals surface area contributed by atoms with Gasteiger partial charge in [-0.2, -0.15) is 0 Å². The summed E-state index contributed by atoms with van der Waals surface area (Å²) in [7, 11) is 0. The zero-order chi connectivity index (χ0) is 16.2. The topological polar surface area (TPSA) is 51.7 Å². The van der Waals surface area contributed by atoms with E-state index < -0.39 is 0 Å². The molecule has 0 spiro atoms. The van der Waals surface area contributed by atoms with Crippen molar-refractivity contribution in [1.82, 2.24) is 9.88 Å². The molecule has 1 aromatic carbocycles. The second-order valence-electron chi connectivity index (χ2n) is 5.40. The molecule has 1 aromatic heterocycles. The number of carbonyl (C=O) groups excluding carboxylic acids is 1. The number of benzene rings is 1. The molecule has 0 bridgehead atoms. The Bertz CT molecular complexity index is 686. The fraction of sp³-hybridized carbons (Fsp3) is 0.412. The van der Waals surface area contributed by atoms with Gasteiger partial charge >= 0.3 is 0 Å². The molecular formula is C17H20N2O3S. The summed E-state index contributed by atoms with van der Waals surface area (Å²) < 4.78 is 11.3. The van der Waals surface area contributed by atoms with E-state index in [4.69, 9.17) is 9.47 Å². The fourth-order valence-corrected chi connectivity index (χ4v) is 3.41. The third kappa shape index (κ3) is 3.71. The Kier molecular flexibility index (Phi) is 4.93. The SMILES string of the molecule is CCOc1cccc(C(=O)N2CCOC(c3nc(C)cs3)C2)c1. The van der Waals surface area contributed by atoms with Crippen LogP contribution in [0.5, 0.6) is 5.75 Å². The first-order chi connectivity index (χ1) is 11.2. The molecule has 1 saturated heterocycles. The number of hydrogen-bond acceptors (Lipinski definition) is 5. The molecule has 1 unspecified atom stereocenters.